The van der Waals surface area contributed by atoms with Gasteiger partial charge in [0.05, 0.1) is 30.4 Å². The normalized spacial score (nSPS) is 18.2. The highest BCUT2D eigenvalue weighted by Gasteiger charge is 2.43. The maximum Gasteiger partial charge on any atom is 0.256 e. The van der Waals surface area contributed by atoms with Crippen molar-refractivity contribution >= 4 is 57.2 Å². The number of fused-ring (bicyclic) bond motifs is 4. The fourth-order valence-corrected chi connectivity index (χ4v) is 7.17. The van der Waals surface area contributed by atoms with Crippen molar-refractivity contribution in [1.29, 1.82) is 0 Å². The van der Waals surface area contributed by atoms with E-state index in [4.69, 9.17) is 4.74 Å². The Hall–Kier alpha value is -5.22. The average molecular weight is 811 g/mol. The second kappa shape index (κ2) is 14.2. The van der Waals surface area contributed by atoms with Gasteiger partial charge in [-0.2, -0.15) is 0 Å². The Morgan fingerprint density at radius 2 is 0.850 bits per heavy atom. The number of rotatable bonds is 4. The van der Waals surface area contributed by atoms with Crippen molar-refractivity contribution in [2.75, 3.05) is 9.80 Å². The molecular weight excluding hydrogens is 727 g/mol. The van der Waals surface area contributed by atoms with E-state index in [9.17, 15) is 24.7 Å². The summed E-state index contributed by atoms with van der Waals surface area (Å²) in [6.45, 7) is 24.9. The predicted molar refractivity (Wildman–Crippen MR) is 260 cm³/mol. The molecule has 308 valence electrons. The monoisotopic (exact) mass is 811 g/mol. The average Bonchev–Trinajstić information content (AvgIpc) is 3.31. The number of benzene rings is 6. The molecule has 0 aromatic heterocycles. The van der Waals surface area contributed by atoms with Crippen molar-refractivity contribution in [2.24, 2.45) is 0 Å². The number of hydrogen-bond donors (Lipinski definition) is 0. The summed E-state index contributed by atoms with van der Waals surface area (Å²) in [5.74, 6) is -0.460. The summed E-state index contributed by atoms with van der Waals surface area (Å²) in [5, 5.41) is 0. The fraction of sp³-hybridized carbons (Fsp3) is 0.357. The number of anilines is 6. The molecule has 0 atom stereocenters. The summed E-state index contributed by atoms with van der Waals surface area (Å²) in [5.41, 5.74) is -6.15. The van der Waals surface area contributed by atoms with Crippen molar-refractivity contribution in [3.63, 3.8) is 0 Å². The molecule has 0 bridgehead atoms. The quantitative estimate of drug-likeness (QED) is 0.165. The molecule has 2 aliphatic rings. The number of hydrogen-bond acceptors (Lipinski definition) is 3. The Labute approximate surface area is 387 Å². The third-order valence-corrected chi connectivity index (χ3v) is 10.8. The molecule has 8 rings (SSSR count). The van der Waals surface area contributed by atoms with Gasteiger partial charge in [-0.1, -0.05) is 164 Å². The van der Waals surface area contributed by atoms with Gasteiger partial charge in [0.15, 0.2) is 0 Å². The molecule has 0 N–H and O–H groups in total. The Kier molecular flexibility index (Phi) is 5.89. The van der Waals surface area contributed by atoms with Crippen LogP contribution in [0, 0.1) is 0 Å². The van der Waals surface area contributed by atoms with Crippen LogP contribution in [0.2, 0.25) is 0 Å². The zero-order valence-corrected chi connectivity index (χ0v) is 37.5. The molecule has 6 aromatic rings. The topological polar surface area (TPSA) is 15.7 Å². The molecule has 60 heavy (non-hydrogen) atoms. The molecule has 3 nitrogen and oxygen atoms in total. The van der Waals surface area contributed by atoms with Crippen LogP contribution in [0.3, 0.4) is 0 Å². The van der Waals surface area contributed by atoms with Crippen molar-refractivity contribution in [1.82, 2.24) is 0 Å². The molecule has 0 fully saturated rings. The first-order chi connectivity index (χ1) is 35.5. The van der Waals surface area contributed by atoms with Gasteiger partial charge in [-0.25, -0.2) is 0 Å². The van der Waals surface area contributed by atoms with Gasteiger partial charge in [-0.05, 0) is 126 Å². The summed E-state index contributed by atoms with van der Waals surface area (Å²) < 4.78 is 181. The minimum atomic E-state index is -1.35. The minimum Gasteiger partial charge on any atom is -0.458 e. The van der Waals surface area contributed by atoms with Gasteiger partial charge in [0.2, 0.25) is 0 Å². The van der Waals surface area contributed by atoms with Crippen molar-refractivity contribution in [2.45, 2.75) is 131 Å². The van der Waals surface area contributed by atoms with Gasteiger partial charge in [0.1, 0.15) is 11.5 Å². The highest BCUT2D eigenvalue weighted by Crippen LogP contribution is 2.47. The van der Waals surface area contributed by atoms with Gasteiger partial charge >= 0.3 is 0 Å². The molecule has 0 radical (unpaired) electrons. The van der Waals surface area contributed by atoms with Crippen molar-refractivity contribution in [3.8, 4) is 11.5 Å². The fourth-order valence-electron chi connectivity index (χ4n) is 7.17. The number of ether oxygens (including phenoxy) is 1. The molecule has 0 amide bonds. The first-order valence-electron chi connectivity index (χ1n) is 29.5. The Morgan fingerprint density at radius 1 is 0.433 bits per heavy atom. The summed E-state index contributed by atoms with van der Waals surface area (Å²) in [6.07, 6.45) is 0. The van der Waals surface area contributed by atoms with E-state index in [0.717, 1.165) is 4.90 Å². The van der Waals surface area contributed by atoms with Gasteiger partial charge in [-0.15, -0.1) is 0 Å². The van der Waals surface area contributed by atoms with E-state index in [1.807, 2.05) is 0 Å². The van der Waals surface area contributed by atoms with Gasteiger partial charge in [-0.3, -0.25) is 0 Å². The smallest absolute Gasteiger partial charge is 0.256 e. The molecular formula is C56H65BN2O. The molecule has 0 unspecified atom stereocenters. The van der Waals surface area contributed by atoms with Crippen LogP contribution in [0.1, 0.15) is 156 Å². The Balaban J connectivity index is 1.70. The van der Waals surface area contributed by atoms with Crippen LogP contribution in [-0.2, 0) is 27.1 Å². The maximum atomic E-state index is 10.2. The molecule has 0 spiro atoms. The molecule has 2 heterocycles. The minimum absolute atomic E-state index is 0.000729. The van der Waals surface area contributed by atoms with E-state index in [1.54, 1.807) is 104 Å². The molecule has 2 aliphatic heterocycles. The van der Waals surface area contributed by atoms with Crippen LogP contribution >= 0.6 is 0 Å². The van der Waals surface area contributed by atoms with Crippen LogP contribution in [0.15, 0.2) is 121 Å². The molecule has 4 heteroatoms. The summed E-state index contributed by atoms with van der Waals surface area (Å²) in [7, 11) is 0. The van der Waals surface area contributed by atoms with E-state index >= 15 is 0 Å². The predicted octanol–water partition coefficient (Wildman–Crippen LogP) is 14.0. The van der Waals surface area contributed by atoms with E-state index in [-0.39, 0.29) is 90.9 Å². The molecule has 0 saturated carbocycles. The van der Waals surface area contributed by atoms with Crippen LogP contribution in [0.25, 0.3) is 0 Å². The zero-order chi connectivity index (χ0) is 59.0. The largest absolute Gasteiger partial charge is 0.458 e. The van der Waals surface area contributed by atoms with Gasteiger partial charge in [0.25, 0.3) is 6.71 Å². The first kappa shape index (κ1) is 24.9. The lowest BCUT2D eigenvalue weighted by Gasteiger charge is -2.42. The van der Waals surface area contributed by atoms with Crippen LogP contribution in [0.5, 0.6) is 11.5 Å². The highest BCUT2D eigenvalue weighted by atomic mass is 16.5. The van der Waals surface area contributed by atoms with E-state index < -0.39 is 141 Å². The molecule has 0 aliphatic carbocycles. The lowest BCUT2D eigenvalue weighted by atomic mass is 9.33. The zero-order valence-electron chi connectivity index (χ0n) is 55.5. The summed E-state index contributed by atoms with van der Waals surface area (Å²) in [4.78, 5) is 2.30. The second-order valence-corrected chi connectivity index (χ2v) is 21.0. The lowest BCUT2D eigenvalue weighted by Crippen LogP contribution is -2.60. The van der Waals surface area contributed by atoms with Crippen LogP contribution in [0.4, 0.5) is 34.1 Å². The van der Waals surface area contributed by atoms with E-state index in [1.165, 1.54) is 17.0 Å². The third-order valence-electron chi connectivity index (χ3n) is 10.8. The van der Waals surface area contributed by atoms with E-state index in [0.29, 0.717) is 0 Å². The third kappa shape index (κ3) is 7.57. The van der Waals surface area contributed by atoms with Crippen molar-refractivity contribution < 1.29 is 29.4 Å². The molecule has 0 saturated heterocycles. The molecule has 6 aromatic carbocycles. The maximum absolute atomic E-state index is 10.2. The number of nitrogens with zero attached hydrogens (tertiary/aromatic N) is 2. The first-order valence-corrected chi connectivity index (χ1v) is 20.5. The SMILES string of the molecule is [2H]c1c([2H])c(C(C)(C)C)c([2H])c2c1Oc1cc(N(c3c([2H])c([2H])c(C(C)(C)C)c([2H])c3[2H])c3c([2H])c([2H])c(C(C)(C)C)c([2H])c3[2H])cc3c1B2c1c([2H])c(C(C)(C)C)c([2H])c([2H])c1N3c1c([2H])c([2H])c(C(C)(C)C)c([2H])c1[2H]. The summed E-state index contributed by atoms with van der Waals surface area (Å²) in [6, 6.07) is -5.80. The highest BCUT2D eigenvalue weighted by molar-refractivity contribution is 6.99. The van der Waals surface area contributed by atoms with Crippen LogP contribution < -0.4 is 30.9 Å². The second-order valence-electron chi connectivity index (χ2n) is 21.0. The van der Waals surface area contributed by atoms with Crippen LogP contribution in [-0.4, -0.2) is 6.71 Å². The van der Waals surface area contributed by atoms with E-state index in [2.05, 4.69) is 0 Å². The van der Waals surface area contributed by atoms with Crippen molar-refractivity contribution in [3.05, 3.63) is 149 Å². The van der Waals surface area contributed by atoms with Gasteiger partial charge < -0.3 is 14.5 Å². The lowest BCUT2D eigenvalue weighted by molar-refractivity contribution is 0.486. The van der Waals surface area contributed by atoms with Gasteiger partial charge in [0, 0.05) is 34.5 Å². The Bertz CT molecular complexity index is 3470. The Morgan fingerprint density at radius 3 is 1.32 bits per heavy atom. The summed E-state index contributed by atoms with van der Waals surface area (Å²) >= 11 is 0. The standard InChI is InChI=1S/C56H65BN2O/c1-52(2,3)36-16-24-41(25-17-36)58(42-26-18-37(19-27-42)53(4,5)6)44-34-48-51-50(35-44)60-49-31-23-40(56(13,14)15)33-46(49)57(51)45-32-39(55(10,11)12)22-30-47(45)59(48)43-28-20-38(21-29-43)54(7,8)9/h16-35H,1-15H3/i16D,17D,18D,19D,20D,21D,22D,23D,24D,25D,26D,27D,28D,29D,30D,31D,32D,33D.